The molecule has 3 aromatic carbocycles. The number of hydrogen-bond donors (Lipinski definition) is 1. The minimum atomic E-state index is -1.89. The van der Waals surface area contributed by atoms with Crippen LogP contribution in [0.4, 0.5) is 9.18 Å². The number of nitrogens with one attached hydrogen (secondary N) is 1. The lowest BCUT2D eigenvalue weighted by Gasteiger charge is -2.39. The number of allylic oxidation sites excluding steroid dienone is 1. The minimum absolute atomic E-state index is 0.0354. The molecule has 0 spiro atoms. The molecule has 1 fully saturated rings. The van der Waals surface area contributed by atoms with Crippen LogP contribution in [-0.4, -0.2) is 79.7 Å². The third-order valence-electron chi connectivity index (χ3n) is 8.99. The first-order valence-electron chi connectivity index (χ1n) is 17.5. The number of nitriles is 1. The van der Waals surface area contributed by atoms with Crippen LogP contribution in [0.1, 0.15) is 50.8 Å². The zero-order valence-corrected chi connectivity index (χ0v) is 31.9. The molecule has 5 rings (SSSR count). The van der Waals surface area contributed by atoms with Crippen molar-refractivity contribution in [2.45, 2.75) is 76.4 Å². The fraction of sp³-hybridized carbons (Fsp3) is 0.400. The van der Waals surface area contributed by atoms with Crippen LogP contribution < -0.4 is 14.8 Å². The van der Waals surface area contributed by atoms with Crippen LogP contribution in [-0.2, 0) is 24.1 Å². The maximum Gasteiger partial charge on any atom is 0.328 e. The predicted octanol–water partition coefficient (Wildman–Crippen LogP) is 7.79. The van der Waals surface area contributed by atoms with Gasteiger partial charge < -0.3 is 33.3 Å². The van der Waals surface area contributed by atoms with Crippen molar-refractivity contribution in [1.29, 1.82) is 5.26 Å². The smallest absolute Gasteiger partial charge is 0.328 e. The Balaban J connectivity index is 1.60. The molecule has 282 valence electrons. The van der Waals surface area contributed by atoms with Gasteiger partial charge in [0.1, 0.15) is 29.3 Å². The van der Waals surface area contributed by atoms with Crippen molar-refractivity contribution >= 4 is 14.6 Å². The molecule has 0 bridgehead atoms. The molecule has 0 aromatic heterocycles. The van der Waals surface area contributed by atoms with Crippen molar-refractivity contribution in [1.82, 2.24) is 14.9 Å². The van der Waals surface area contributed by atoms with Gasteiger partial charge in [0.05, 0.1) is 39.9 Å². The third-order valence-corrected chi connectivity index (χ3v) is 11.1. The topological polar surface area (TPSA) is 115 Å². The summed E-state index contributed by atoms with van der Waals surface area (Å²) in [6.45, 7) is 11.7. The van der Waals surface area contributed by atoms with Gasteiger partial charge in [0, 0.05) is 24.0 Å². The van der Waals surface area contributed by atoms with E-state index < -0.39 is 44.8 Å². The number of hydrogen-bond acceptors (Lipinski definition) is 9. The SMILES string of the molecule is C=C1C=CN(C2OC(COC(c3ccccc3)(c3ccc(OC)cc3)c3ccc(OC)cc3)C(OP(OCCC#N)N(C(C)C)C(C)C)C2F)C(=O)N1. The van der Waals surface area contributed by atoms with Crippen molar-refractivity contribution in [3.8, 4) is 17.6 Å². The monoisotopic (exact) mass is 746 g/mol. The number of carbonyl (C=O) groups is 1. The van der Waals surface area contributed by atoms with Crippen LogP contribution in [0.2, 0.25) is 0 Å². The van der Waals surface area contributed by atoms with Crippen LogP contribution in [0.3, 0.4) is 0 Å². The summed E-state index contributed by atoms with van der Waals surface area (Å²) in [4.78, 5) is 14.3. The van der Waals surface area contributed by atoms with E-state index in [1.165, 1.54) is 6.20 Å². The second-order valence-electron chi connectivity index (χ2n) is 13.1. The molecule has 2 aliphatic rings. The van der Waals surface area contributed by atoms with Gasteiger partial charge in [0.15, 0.2) is 12.4 Å². The van der Waals surface area contributed by atoms with Crippen LogP contribution in [0.25, 0.3) is 0 Å². The highest BCUT2D eigenvalue weighted by atomic mass is 31.2. The Bertz CT molecular complexity index is 1680. The molecule has 11 nitrogen and oxygen atoms in total. The number of methoxy groups -OCH3 is 2. The van der Waals surface area contributed by atoms with Crippen LogP contribution in [0.5, 0.6) is 11.5 Å². The van der Waals surface area contributed by atoms with E-state index in [0.717, 1.165) is 21.6 Å². The molecule has 13 heteroatoms. The zero-order valence-electron chi connectivity index (χ0n) is 31.0. The summed E-state index contributed by atoms with van der Waals surface area (Å²) in [5, 5.41) is 11.9. The van der Waals surface area contributed by atoms with Gasteiger partial charge in [-0.05, 0) is 74.7 Å². The second-order valence-corrected chi connectivity index (χ2v) is 14.5. The maximum absolute atomic E-state index is 17.0. The average molecular weight is 747 g/mol. The fourth-order valence-corrected chi connectivity index (χ4v) is 8.30. The van der Waals surface area contributed by atoms with E-state index in [9.17, 15) is 10.1 Å². The number of ether oxygens (including phenoxy) is 4. The molecule has 53 heavy (non-hydrogen) atoms. The highest BCUT2D eigenvalue weighted by Gasteiger charge is 2.53. The van der Waals surface area contributed by atoms with E-state index in [2.05, 4.69) is 18.0 Å². The number of urea groups is 1. The van der Waals surface area contributed by atoms with Gasteiger partial charge in [-0.2, -0.15) is 5.26 Å². The third kappa shape index (κ3) is 8.90. The lowest BCUT2D eigenvalue weighted by atomic mass is 9.80. The van der Waals surface area contributed by atoms with E-state index >= 15 is 4.39 Å². The Hall–Kier alpha value is -4.34. The Morgan fingerprint density at radius 3 is 2.04 bits per heavy atom. The first-order valence-corrected chi connectivity index (χ1v) is 18.7. The second kappa shape index (κ2) is 18.1. The first kappa shape index (κ1) is 39.9. The largest absolute Gasteiger partial charge is 0.497 e. The van der Waals surface area contributed by atoms with Crippen molar-refractivity contribution in [3.05, 3.63) is 120 Å². The molecule has 0 saturated carbocycles. The van der Waals surface area contributed by atoms with E-state index in [1.54, 1.807) is 20.3 Å². The highest BCUT2D eigenvalue weighted by Crippen LogP contribution is 2.50. The number of benzene rings is 3. The van der Waals surface area contributed by atoms with Gasteiger partial charge in [0.25, 0.3) is 8.53 Å². The normalized spacial score (nSPS) is 20.9. The van der Waals surface area contributed by atoms with E-state index in [1.807, 2.05) is 111 Å². The van der Waals surface area contributed by atoms with Crippen molar-refractivity contribution in [2.75, 3.05) is 27.4 Å². The summed E-state index contributed by atoms with van der Waals surface area (Å²) in [5.74, 6) is 1.34. The molecule has 1 N–H and O–H groups in total. The predicted molar refractivity (Wildman–Crippen MR) is 201 cm³/mol. The van der Waals surface area contributed by atoms with E-state index in [0.29, 0.717) is 17.2 Å². The summed E-state index contributed by atoms with van der Waals surface area (Å²) in [7, 11) is 1.32. The summed E-state index contributed by atoms with van der Waals surface area (Å²) in [5.41, 5.74) is 1.52. The molecule has 0 radical (unpaired) electrons. The molecular formula is C40H48FN4O7P. The zero-order chi connectivity index (χ0) is 38.1. The molecule has 0 aliphatic carbocycles. The van der Waals surface area contributed by atoms with E-state index in [4.69, 9.17) is 28.0 Å². The molecule has 2 amide bonds. The van der Waals surface area contributed by atoms with Gasteiger partial charge in [-0.15, -0.1) is 0 Å². The van der Waals surface area contributed by atoms with Crippen LogP contribution in [0, 0.1) is 11.3 Å². The van der Waals surface area contributed by atoms with Crippen molar-refractivity contribution < 1.29 is 37.2 Å². The molecule has 1 saturated heterocycles. The first-order chi connectivity index (χ1) is 25.5. The number of alkyl halides is 1. The van der Waals surface area contributed by atoms with Gasteiger partial charge in [-0.3, -0.25) is 4.90 Å². The Kier molecular flexibility index (Phi) is 13.6. The molecule has 5 unspecified atom stereocenters. The van der Waals surface area contributed by atoms with Gasteiger partial charge in [-0.1, -0.05) is 61.2 Å². The quantitative estimate of drug-likeness (QED) is 0.0840. The molecule has 3 aromatic rings. The Labute approximate surface area is 312 Å². The summed E-state index contributed by atoms with van der Waals surface area (Å²) < 4.78 is 56.4. The Morgan fingerprint density at radius 2 is 1.53 bits per heavy atom. The lowest BCUT2D eigenvalue weighted by molar-refractivity contribution is -0.0969. The number of carbonyl (C=O) groups excluding carboxylic acids is 1. The number of halogens is 1. The van der Waals surface area contributed by atoms with Gasteiger partial charge in [0.2, 0.25) is 0 Å². The minimum Gasteiger partial charge on any atom is -0.497 e. The van der Waals surface area contributed by atoms with Gasteiger partial charge >= 0.3 is 6.03 Å². The maximum atomic E-state index is 17.0. The summed E-state index contributed by atoms with van der Waals surface area (Å²) in [6, 6.07) is 26.3. The van der Waals surface area contributed by atoms with Gasteiger partial charge in [-0.25, -0.2) is 13.9 Å². The molecule has 5 atom stereocenters. The number of rotatable bonds is 17. The number of amides is 2. The standard InChI is InChI=1S/C40H48FN4O7P/c1-27(2)45(28(3)4)53(50-25-11-23-42)52-37-35(51-38(36(37)41)44-24-22-29(5)43-39(44)46)26-49-40(30-12-9-8-10-13-30,31-14-18-33(47-6)19-15-31)32-16-20-34(48-7)21-17-32/h8-10,12-22,24,27-28,35-38H,5,11,25-26H2,1-4,6-7H3,(H,43,46). The lowest BCUT2D eigenvalue weighted by Crippen LogP contribution is -2.48. The molecule has 2 heterocycles. The van der Waals surface area contributed by atoms with Crippen molar-refractivity contribution in [3.63, 3.8) is 0 Å². The average Bonchev–Trinajstić information content (AvgIpc) is 3.46. The Morgan fingerprint density at radius 1 is 0.962 bits per heavy atom. The van der Waals surface area contributed by atoms with Crippen LogP contribution >= 0.6 is 8.53 Å². The fourth-order valence-electron chi connectivity index (χ4n) is 6.54. The molecule has 2 aliphatic heterocycles. The molecular weight excluding hydrogens is 698 g/mol. The highest BCUT2D eigenvalue weighted by molar-refractivity contribution is 7.44. The van der Waals surface area contributed by atoms with Crippen LogP contribution in [0.15, 0.2) is 103 Å². The van der Waals surface area contributed by atoms with E-state index in [-0.39, 0.29) is 31.7 Å². The van der Waals surface area contributed by atoms with Crippen molar-refractivity contribution in [2.24, 2.45) is 0 Å². The number of nitrogens with zero attached hydrogens (tertiary/aromatic N) is 3. The summed E-state index contributed by atoms with van der Waals surface area (Å²) in [6.07, 6.45) is -2.28. The summed E-state index contributed by atoms with van der Waals surface area (Å²) >= 11 is 0.